The van der Waals surface area contributed by atoms with Crippen molar-refractivity contribution >= 4 is 46.6 Å². The van der Waals surface area contributed by atoms with E-state index in [0.29, 0.717) is 42.3 Å². The van der Waals surface area contributed by atoms with Gasteiger partial charge in [0.25, 0.3) is 5.91 Å². The van der Waals surface area contributed by atoms with E-state index >= 15 is 0 Å². The van der Waals surface area contributed by atoms with Crippen molar-refractivity contribution < 1.29 is 19.2 Å². The average molecular weight is 460 g/mol. The molecule has 0 radical (unpaired) electrons. The van der Waals surface area contributed by atoms with Gasteiger partial charge < -0.3 is 10.2 Å². The van der Waals surface area contributed by atoms with Gasteiger partial charge in [0.15, 0.2) is 0 Å². The number of fused-ring (bicyclic) bond motifs is 1. The van der Waals surface area contributed by atoms with E-state index in [1.54, 1.807) is 0 Å². The molecule has 1 aromatic carbocycles. The first-order valence-corrected chi connectivity index (χ1v) is 11.3. The van der Waals surface area contributed by atoms with Crippen molar-refractivity contribution in [3.63, 3.8) is 0 Å². The number of rotatable bonds is 6. The number of nitrogens with one attached hydrogen (secondary N) is 2. The van der Waals surface area contributed by atoms with Crippen LogP contribution in [0.1, 0.15) is 50.5 Å². The summed E-state index contributed by atoms with van der Waals surface area (Å²) in [5.74, 6) is -0.974. The van der Waals surface area contributed by atoms with Gasteiger partial charge in [-0.25, -0.2) is 0 Å². The lowest BCUT2D eigenvalue weighted by Gasteiger charge is -2.29. The Bertz CT molecular complexity index is 1080. The molecule has 1 saturated heterocycles. The quantitative estimate of drug-likeness (QED) is 0.649. The van der Waals surface area contributed by atoms with E-state index < -0.39 is 11.9 Å². The molecule has 2 aromatic rings. The minimum Gasteiger partial charge on any atom is -0.351 e. The number of amides is 4. The highest BCUT2D eigenvalue weighted by Gasteiger charge is 2.40. The molecule has 162 valence electrons. The molecule has 2 N–H and O–H groups in total. The summed E-state index contributed by atoms with van der Waals surface area (Å²) < 4.78 is 0. The molecule has 4 amide bonds. The van der Waals surface area contributed by atoms with Crippen LogP contribution in [0.5, 0.6) is 0 Å². The van der Waals surface area contributed by atoms with Gasteiger partial charge in [0.2, 0.25) is 17.7 Å². The lowest BCUT2D eigenvalue weighted by molar-refractivity contribution is -0.137. The van der Waals surface area contributed by atoms with Crippen LogP contribution < -0.4 is 10.6 Å². The maximum absolute atomic E-state index is 12.8. The lowest BCUT2D eigenvalue weighted by Crippen LogP contribution is -2.52. The van der Waals surface area contributed by atoms with Gasteiger partial charge in [-0.1, -0.05) is 23.7 Å². The molecule has 1 fully saturated rings. The predicted octanol–water partition coefficient (Wildman–Crippen LogP) is 2.72. The van der Waals surface area contributed by atoms with Crippen LogP contribution in [-0.2, 0) is 33.9 Å². The first kappa shape index (κ1) is 21.5. The summed E-state index contributed by atoms with van der Waals surface area (Å²) in [5.41, 5.74) is 2.88. The molecular formula is C22H22ClN3O4S. The van der Waals surface area contributed by atoms with Gasteiger partial charge in [0.05, 0.1) is 11.4 Å². The Balaban J connectivity index is 1.29. The molecule has 31 heavy (non-hydrogen) atoms. The monoisotopic (exact) mass is 459 g/mol. The summed E-state index contributed by atoms with van der Waals surface area (Å²) in [7, 11) is 0. The number of imide groups is 1. The van der Waals surface area contributed by atoms with Crippen molar-refractivity contribution in [1.29, 1.82) is 0 Å². The summed E-state index contributed by atoms with van der Waals surface area (Å²) in [6.45, 7) is 2.64. The molecule has 1 aromatic heterocycles. The Morgan fingerprint density at radius 3 is 2.81 bits per heavy atom. The standard InChI is InChI=1S/C22H22ClN3O4S/c1-12-2-3-13(8-16(12)23)4-6-18(27)24-10-15-9-14-11-26(22(30)20(14)31-15)17-5-7-19(28)25-21(17)29/h2-3,8-9,17H,4-7,10-11H2,1H3,(H,24,27)(H,25,28,29). The summed E-state index contributed by atoms with van der Waals surface area (Å²) in [6.07, 6.45) is 1.54. The molecule has 2 aliphatic heterocycles. The molecule has 0 spiro atoms. The van der Waals surface area contributed by atoms with Crippen molar-refractivity contribution in [3.8, 4) is 0 Å². The zero-order valence-corrected chi connectivity index (χ0v) is 18.6. The highest BCUT2D eigenvalue weighted by atomic mass is 35.5. The Labute approximate surface area is 188 Å². The summed E-state index contributed by atoms with van der Waals surface area (Å²) in [6, 6.07) is 7.09. The van der Waals surface area contributed by atoms with Crippen molar-refractivity contribution in [2.24, 2.45) is 0 Å². The van der Waals surface area contributed by atoms with Crippen molar-refractivity contribution in [2.45, 2.75) is 51.7 Å². The number of halogens is 1. The third kappa shape index (κ3) is 4.65. The second kappa shape index (κ2) is 8.80. The first-order valence-electron chi connectivity index (χ1n) is 10.1. The molecule has 2 aliphatic rings. The lowest BCUT2D eigenvalue weighted by atomic mass is 10.0. The molecule has 0 saturated carbocycles. The fourth-order valence-corrected chi connectivity index (χ4v) is 5.08. The zero-order chi connectivity index (χ0) is 22.1. The van der Waals surface area contributed by atoms with E-state index in [9.17, 15) is 19.2 Å². The van der Waals surface area contributed by atoms with Crippen LogP contribution in [-0.4, -0.2) is 34.6 Å². The maximum Gasteiger partial charge on any atom is 0.265 e. The largest absolute Gasteiger partial charge is 0.351 e. The minimum absolute atomic E-state index is 0.0678. The van der Waals surface area contributed by atoms with Gasteiger partial charge in [-0.3, -0.25) is 24.5 Å². The van der Waals surface area contributed by atoms with Crippen molar-refractivity contribution in [3.05, 3.63) is 55.7 Å². The number of piperidine rings is 1. The van der Waals surface area contributed by atoms with Gasteiger partial charge >= 0.3 is 0 Å². The zero-order valence-electron chi connectivity index (χ0n) is 17.0. The summed E-state index contributed by atoms with van der Waals surface area (Å²) in [5, 5.41) is 5.89. The molecule has 0 bridgehead atoms. The van der Waals surface area contributed by atoms with Crippen LogP contribution in [0.3, 0.4) is 0 Å². The minimum atomic E-state index is -0.608. The third-order valence-electron chi connectivity index (χ3n) is 5.58. The molecule has 9 heteroatoms. The highest BCUT2D eigenvalue weighted by Crippen LogP contribution is 2.33. The molecule has 1 atom stereocenters. The number of aryl methyl sites for hydroxylation is 2. The Hall–Kier alpha value is -2.71. The smallest absolute Gasteiger partial charge is 0.265 e. The summed E-state index contributed by atoms with van der Waals surface area (Å²) >= 11 is 7.46. The van der Waals surface area contributed by atoms with Crippen LogP contribution in [0.25, 0.3) is 0 Å². The second-order valence-corrected chi connectivity index (χ2v) is 9.37. The molecule has 1 unspecified atom stereocenters. The van der Waals surface area contributed by atoms with E-state index in [2.05, 4.69) is 10.6 Å². The predicted molar refractivity (Wildman–Crippen MR) is 117 cm³/mol. The van der Waals surface area contributed by atoms with Gasteiger partial charge in [0.1, 0.15) is 6.04 Å². The van der Waals surface area contributed by atoms with Crippen LogP contribution >= 0.6 is 22.9 Å². The van der Waals surface area contributed by atoms with E-state index in [4.69, 9.17) is 11.6 Å². The van der Waals surface area contributed by atoms with Crippen molar-refractivity contribution in [1.82, 2.24) is 15.5 Å². The number of carbonyl (C=O) groups excluding carboxylic acids is 4. The van der Waals surface area contributed by atoms with Crippen LogP contribution in [0.4, 0.5) is 0 Å². The number of benzene rings is 1. The normalized spacial score (nSPS) is 18.2. The third-order valence-corrected chi connectivity index (χ3v) is 7.15. The second-order valence-electron chi connectivity index (χ2n) is 7.83. The molecule has 3 heterocycles. The fourth-order valence-electron chi connectivity index (χ4n) is 3.81. The topological polar surface area (TPSA) is 95.6 Å². The average Bonchev–Trinajstić information content (AvgIpc) is 3.26. The van der Waals surface area contributed by atoms with Gasteiger partial charge in [-0.2, -0.15) is 0 Å². The number of hydrogen-bond donors (Lipinski definition) is 2. The van der Waals surface area contributed by atoms with Crippen LogP contribution in [0, 0.1) is 6.92 Å². The van der Waals surface area contributed by atoms with Gasteiger partial charge in [0, 0.05) is 29.3 Å². The van der Waals surface area contributed by atoms with Crippen molar-refractivity contribution in [2.75, 3.05) is 0 Å². The maximum atomic E-state index is 12.8. The van der Waals surface area contributed by atoms with Crippen LogP contribution in [0.15, 0.2) is 24.3 Å². The number of hydrogen-bond acceptors (Lipinski definition) is 5. The Kier molecular flexibility index (Phi) is 6.11. The van der Waals surface area contributed by atoms with Crippen LogP contribution in [0.2, 0.25) is 5.02 Å². The van der Waals surface area contributed by atoms with Gasteiger partial charge in [-0.05, 0) is 48.6 Å². The molecule has 0 aliphatic carbocycles. The number of thiophene rings is 1. The fraction of sp³-hybridized carbons (Fsp3) is 0.364. The molecule has 7 nitrogen and oxygen atoms in total. The van der Waals surface area contributed by atoms with E-state index in [0.717, 1.165) is 21.6 Å². The molecular weight excluding hydrogens is 438 g/mol. The van der Waals surface area contributed by atoms with Gasteiger partial charge in [-0.15, -0.1) is 11.3 Å². The van der Waals surface area contributed by atoms with E-state index in [-0.39, 0.29) is 24.1 Å². The highest BCUT2D eigenvalue weighted by molar-refractivity contribution is 7.14. The SMILES string of the molecule is Cc1ccc(CCC(=O)NCc2cc3c(s2)C(=O)N(C2CCC(=O)NC2=O)C3)cc1Cl. The Morgan fingerprint density at radius 2 is 2.10 bits per heavy atom. The number of carbonyl (C=O) groups is 4. The van der Waals surface area contributed by atoms with E-state index in [1.165, 1.54) is 16.2 Å². The number of nitrogens with zero attached hydrogens (tertiary/aromatic N) is 1. The van der Waals surface area contributed by atoms with E-state index in [1.807, 2.05) is 31.2 Å². The first-order chi connectivity index (χ1) is 14.8. The summed E-state index contributed by atoms with van der Waals surface area (Å²) in [4.78, 5) is 51.4. The Morgan fingerprint density at radius 1 is 1.29 bits per heavy atom. The molecule has 4 rings (SSSR count).